The average Bonchev–Trinajstić information content (AvgIpc) is 3.06. The summed E-state index contributed by atoms with van der Waals surface area (Å²) < 4.78 is 0. The molecule has 0 aliphatic heterocycles. The Kier molecular flexibility index (Phi) is 12.6. The lowest BCUT2D eigenvalue weighted by atomic mass is 9.98. The van der Waals surface area contributed by atoms with E-state index in [2.05, 4.69) is 10.6 Å². The molecule has 0 saturated carbocycles. The van der Waals surface area contributed by atoms with Crippen molar-refractivity contribution in [3.8, 4) is 0 Å². The molecule has 0 aliphatic carbocycles. The Hall–Kier alpha value is -4.84. The zero-order valence-electron chi connectivity index (χ0n) is 25.1. The topological polar surface area (TPSA) is 92.3 Å². The number of benzene rings is 4. The van der Waals surface area contributed by atoms with Gasteiger partial charge < -0.3 is 0 Å². The van der Waals surface area contributed by atoms with Crippen LogP contribution in [0.5, 0.6) is 0 Å². The van der Waals surface area contributed by atoms with E-state index in [0.29, 0.717) is 22.3 Å². The first-order chi connectivity index (χ1) is 21.5. The van der Waals surface area contributed by atoms with Crippen LogP contribution in [0.3, 0.4) is 0 Å². The van der Waals surface area contributed by atoms with Crippen LogP contribution in [0, 0.1) is 0 Å². The molecule has 6 nitrogen and oxygen atoms in total. The summed E-state index contributed by atoms with van der Waals surface area (Å²) in [5.74, 6) is -1.51. The molecule has 0 saturated heterocycles. The highest BCUT2D eigenvalue weighted by Crippen LogP contribution is 2.17. The van der Waals surface area contributed by atoms with Gasteiger partial charge in [0.25, 0.3) is 23.6 Å². The van der Waals surface area contributed by atoms with Gasteiger partial charge in [-0.05, 0) is 73.2 Å². The third kappa shape index (κ3) is 9.87. The van der Waals surface area contributed by atoms with Gasteiger partial charge in [0, 0.05) is 22.3 Å². The zero-order valence-corrected chi connectivity index (χ0v) is 25.1. The highest BCUT2D eigenvalue weighted by Gasteiger charge is 2.16. The monoisotopic (exact) mass is 588 g/mol. The fourth-order valence-corrected chi connectivity index (χ4v) is 5.28. The molecular formula is C38H40N2O4. The maximum Gasteiger partial charge on any atom is 0.258 e. The molecule has 4 rings (SSSR count). The van der Waals surface area contributed by atoms with Gasteiger partial charge in [0.2, 0.25) is 0 Å². The molecule has 4 aromatic rings. The maximum atomic E-state index is 12.8. The maximum absolute atomic E-state index is 12.8. The van der Waals surface area contributed by atoms with E-state index in [0.717, 1.165) is 75.3 Å². The fourth-order valence-electron chi connectivity index (χ4n) is 5.28. The lowest BCUT2D eigenvalue weighted by molar-refractivity contribution is 0.0832. The Balaban J connectivity index is 1.11. The fraction of sp³-hybridized carbons (Fsp3) is 0.263. The number of amides is 4. The number of nitrogens with one attached hydrogen (secondary N) is 2. The van der Waals surface area contributed by atoms with Crippen molar-refractivity contribution >= 4 is 23.6 Å². The van der Waals surface area contributed by atoms with Crippen LogP contribution in [0.15, 0.2) is 109 Å². The Morgan fingerprint density at radius 1 is 0.364 bits per heavy atom. The Morgan fingerprint density at radius 3 is 1.07 bits per heavy atom. The van der Waals surface area contributed by atoms with Crippen molar-refractivity contribution < 1.29 is 19.2 Å². The molecule has 4 amide bonds. The van der Waals surface area contributed by atoms with Crippen LogP contribution in [0.25, 0.3) is 0 Å². The number of hydrogen-bond acceptors (Lipinski definition) is 4. The highest BCUT2D eigenvalue weighted by molar-refractivity contribution is 6.11. The molecule has 2 N–H and O–H groups in total. The first-order valence-corrected chi connectivity index (χ1v) is 15.5. The minimum atomic E-state index is -0.393. The summed E-state index contributed by atoms with van der Waals surface area (Å²) in [5.41, 5.74) is 3.95. The van der Waals surface area contributed by atoms with Gasteiger partial charge in [0.15, 0.2) is 0 Å². The third-order valence-corrected chi connectivity index (χ3v) is 7.69. The van der Waals surface area contributed by atoms with E-state index in [1.807, 2.05) is 48.5 Å². The second-order valence-electron chi connectivity index (χ2n) is 10.9. The Morgan fingerprint density at radius 2 is 0.682 bits per heavy atom. The molecule has 6 heteroatoms. The van der Waals surface area contributed by atoms with Crippen LogP contribution in [-0.4, -0.2) is 23.6 Å². The van der Waals surface area contributed by atoms with E-state index < -0.39 is 11.8 Å². The van der Waals surface area contributed by atoms with Crippen molar-refractivity contribution in [2.24, 2.45) is 0 Å². The van der Waals surface area contributed by atoms with Gasteiger partial charge in [-0.1, -0.05) is 111 Å². The predicted molar refractivity (Wildman–Crippen MR) is 174 cm³/mol. The standard InChI is InChI=1S/C38H40N2O4/c41-35(31-23-11-7-12-24-31)39-37(43)33-27-17-15-21-29(33)19-9-5-3-1-2-4-6-10-20-30-22-16-18-28-34(30)38(44)40-36(42)32-25-13-8-14-26-32/h7-8,11-18,21-28H,1-6,9-10,19-20H2,(H,39,41,43)(H,40,42,44). The van der Waals surface area contributed by atoms with Crippen LogP contribution in [0.1, 0.15) is 104 Å². The van der Waals surface area contributed by atoms with Crippen molar-refractivity contribution in [1.82, 2.24) is 10.6 Å². The number of aryl methyl sites for hydroxylation is 2. The van der Waals surface area contributed by atoms with E-state index in [1.165, 1.54) is 0 Å². The number of hydrogen-bond donors (Lipinski definition) is 2. The number of rotatable bonds is 15. The van der Waals surface area contributed by atoms with E-state index in [9.17, 15) is 19.2 Å². The van der Waals surface area contributed by atoms with Gasteiger partial charge in [-0.15, -0.1) is 0 Å². The number of carbonyl (C=O) groups is 4. The van der Waals surface area contributed by atoms with E-state index in [4.69, 9.17) is 0 Å². The second-order valence-corrected chi connectivity index (χ2v) is 10.9. The summed E-state index contributed by atoms with van der Waals surface area (Å²) in [4.78, 5) is 50.4. The first kappa shape index (κ1) is 32.1. The smallest absolute Gasteiger partial charge is 0.258 e. The van der Waals surface area contributed by atoms with Crippen molar-refractivity contribution in [3.05, 3.63) is 143 Å². The van der Waals surface area contributed by atoms with Gasteiger partial charge in [0.1, 0.15) is 0 Å². The number of imide groups is 2. The molecule has 0 spiro atoms. The summed E-state index contributed by atoms with van der Waals surface area (Å²) in [6.07, 6.45) is 10.3. The van der Waals surface area contributed by atoms with E-state index in [-0.39, 0.29) is 11.8 Å². The molecule has 0 unspecified atom stereocenters. The normalized spacial score (nSPS) is 10.6. The predicted octanol–water partition coefficient (Wildman–Crippen LogP) is 7.73. The van der Waals surface area contributed by atoms with Crippen molar-refractivity contribution in [2.45, 2.75) is 64.2 Å². The van der Waals surface area contributed by atoms with Crippen molar-refractivity contribution in [3.63, 3.8) is 0 Å². The van der Waals surface area contributed by atoms with Crippen LogP contribution >= 0.6 is 0 Å². The third-order valence-electron chi connectivity index (χ3n) is 7.69. The zero-order chi connectivity index (χ0) is 31.0. The highest BCUT2D eigenvalue weighted by atomic mass is 16.2. The van der Waals surface area contributed by atoms with Crippen molar-refractivity contribution in [1.29, 1.82) is 0 Å². The molecule has 0 bridgehead atoms. The van der Waals surface area contributed by atoms with Gasteiger partial charge in [-0.25, -0.2) is 0 Å². The van der Waals surface area contributed by atoms with Gasteiger partial charge in [-0.2, -0.15) is 0 Å². The van der Waals surface area contributed by atoms with Crippen molar-refractivity contribution in [2.75, 3.05) is 0 Å². The molecule has 0 heterocycles. The molecule has 4 aromatic carbocycles. The number of unbranched alkanes of at least 4 members (excludes halogenated alkanes) is 7. The summed E-state index contributed by atoms with van der Waals surface area (Å²) in [6, 6.07) is 32.5. The van der Waals surface area contributed by atoms with Gasteiger partial charge in [0.05, 0.1) is 0 Å². The van der Waals surface area contributed by atoms with Gasteiger partial charge in [-0.3, -0.25) is 29.8 Å². The molecular weight excluding hydrogens is 548 g/mol. The molecule has 0 radical (unpaired) electrons. The van der Waals surface area contributed by atoms with Crippen LogP contribution in [-0.2, 0) is 12.8 Å². The lowest BCUT2D eigenvalue weighted by Gasteiger charge is -2.10. The van der Waals surface area contributed by atoms with Crippen LogP contribution in [0.4, 0.5) is 0 Å². The number of carbonyl (C=O) groups excluding carboxylic acids is 4. The Labute approximate surface area is 259 Å². The summed E-state index contributed by atoms with van der Waals surface area (Å²) >= 11 is 0. The van der Waals surface area contributed by atoms with Gasteiger partial charge >= 0.3 is 0 Å². The largest absolute Gasteiger partial charge is 0.288 e. The molecule has 0 fully saturated rings. The average molecular weight is 589 g/mol. The molecule has 44 heavy (non-hydrogen) atoms. The quantitative estimate of drug-likeness (QED) is 0.110. The minimum absolute atomic E-state index is 0.363. The lowest BCUT2D eigenvalue weighted by Crippen LogP contribution is -2.31. The van der Waals surface area contributed by atoms with Crippen LogP contribution in [0.2, 0.25) is 0 Å². The Bertz CT molecular complexity index is 1420. The summed E-state index contributed by atoms with van der Waals surface area (Å²) in [6.45, 7) is 0. The molecule has 226 valence electrons. The van der Waals surface area contributed by atoms with E-state index in [1.54, 1.807) is 60.7 Å². The molecule has 0 aliphatic rings. The SMILES string of the molecule is O=C(NC(=O)c1ccccc1CCCCCCCCCCc1ccccc1C(=O)NC(=O)c1ccccc1)c1ccccc1. The van der Waals surface area contributed by atoms with E-state index >= 15 is 0 Å². The summed E-state index contributed by atoms with van der Waals surface area (Å²) in [7, 11) is 0. The molecule has 0 aromatic heterocycles. The minimum Gasteiger partial charge on any atom is -0.288 e. The first-order valence-electron chi connectivity index (χ1n) is 15.5. The second kappa shape index (κ2) is 17.3. The molecule has 0 atom stereocenters. The summed E-state index contributed by atoms with van der Waals surface area (Å²) in [5, 5.41) is 5.02. The van der Waals surface area contributed by atoms with Crippen LogP contribution < -0.4 is 10.6 Å².